The highest BCUT2D eigenvalue weighted by molar-refractivity contribution is 5.75. The average molecular weight is 278 g/mol. The van der Waals surface area contributed by atoms with Crippen molar-refractivity contribution in [1.29, 1.82) is 0 Å². The van der Waals surface area contributed by atoms with Crippen LogP contribution < -0.4 is 10.6 Å². The van der Waals surface area contributed by atoms with Crippen LogP contribution >= 0.6 is 0 Å². The number of hydrogen-bond donors (Lipinski definition) is 3. The number of aryl methyl sites for hydroxylation is 1. The van der Waals surface area contributed by atoms with Gasteiger partial charge in [-0.2, -0.15) is 0 Å². The molecule has 0 saturated carbocycles. The lowest BCUT2D eigenvalue weighted by Gasteiger charge is -2.26. The van der Waals surface area contributed by atoms with Gasteiger partial charge < -0.3 is 15.7 Å². The highest BCUT2D eigenvalue weighted by atomic mass is 16.4. The molecule has 0 aliphatic carbocycles. The fourth-order valence-corrected chi connectivity index (χ4v) is 1.81. The van der Waals surface area contributed by atoms with E-state index in [1.165, 1.54) is 5.56 Å². The summed E-state index contributed by atoms with van der Waals surface area (Å²) in [6, 6.07) is 7.83. The number of urea groups is 1. The van der Waals surface area contributed by atoms with Crippen LogP contribution in [0.2, 0.25) is 0 Å². The Bertz CT molecular complexity index is 484. The zero-order chi connectivity index (χ0) is 15.2. The van der Waals surface area contributed by atoms with Gasteiger partial charge in [0.1, 0.15) is 0 Å². The van der Waals surface area contributed by atoms with Crippen molar-refractivity contribution >= 4 is 12.0 Å². The maximum atomic E-state index is 11.6. The fraction of sp³-hybridized carbons (Fsp3) is 0.467. The van der Waals surface area contributed by atoms with Gasteiger partial charge in [-0.15, -0.1) is 0 Å². The number of carbonyl (C=O) groups excluding carboxylic acids is 1. The van der Waals surface area contributed by atoms with Gasteiger partial charge in [-0.3, -0.25) is 4.79 Å². The second-order valence-corrected chi connectivity index (χ2v) is 5.51. The second-order valence-electron chi connectivity index (χ2n) is 5.51. The van der Waals surface area contributed by atoms with Gasteiger partial charge in [0, 0.05) is 18.5 Å². The first-order valence-corrected chi connectivity index (χ1v) is 6.62. The first kappa shape index (κ1) is 16.0. The third-order valence-corrected chi connectivity index (χ3v) is 3.11. The predicted molar refractivity (Wildman–Crippen MR) is 77.9 cm³/mol. The molecule has 1 aromatic carbocycles. The van der Waals surface area contributed by atoms with Gasteiger partial charge in [0.25, 0.3) is 0 Å². The van der Waals surface area contributed by atoms with Crippen LogP contribution in [0.3, 0.4) is 0 Å². The molecule has 1 rings (SSSR count). The molecule has 0 aliphatic heterocycles. The highest BCUT2D eigenvalue weighted by Crippen LogP contribution is 2.22. The number of hydrogen-bond acceptors (Lipinski definition) is 2. The molecule has 2 amide bonds. The molecule has 110 valence electrons. The van der Waals surface area contributed by atoms with Crippen molar-refractivity contribution in [2.24, 2.45) is 0 Å². The molecule has 5 heteroatoms. The standard InChI is InChI=1S/C15H22N2O3/c1-11-5-4-6-12(9-11)15(2,3)10-17-14(20)16-8-7-13(18)19/h4-6,9H,7-8,10H2,1-3H3,(H,18,19)(H2,16,17,20). The number of rotatable bonds is 6. The van der Waals surface area contributed by atoms with E-state index in [-0.39, 0.29) is 24.4 Å². The lowest BCUT2D eigenvalue weighted by atomic mass is 9.84. The van der Waals surface area contributed by atoms with E-state index in [1.807, 2.05) is 25.1 Å². The SMILES string of the molecule is Cc1cccc(C(C)(C)CNC(=O)NCCC(=O)O)c1. The lowest BCUT2D eigenvalue weighted by Crippen LogP contribution is -2.42. The van der Waals surface area contributed by atoms with E-state index in [4.69, 9.17) is 5.11 Å². The maximum Gasteiger partial charge on any atom is 0.314 e. The Morgan fingerprint density at radius 3 is 2.55 bits per heavy atom. The molecular weight excluding hydrogens is 256 g/mol. The molecule has 1 aromatic rings. The van der Waals surface area contributed by atoms with Crippen LogP contribution in [0.25, 0.3) is 0 Å². The summed E-state index contributed by atoms with van der Waals surface area (Å²) in [5, 5.41) is 13.8. The first-order valence-electron chi connectivity index (χ1n) is 6.62. The normalized spacial score (nSPS) is 10.9. The topological polar surface area (TPSA) is 78.4 Å². The Kier molecular flexibility index (Phi) is 5.55. The Morgan fingerprint density at radius 1 is 1.25 bits per heavy atom. The van der Waals surface area contributed by atoms with Crippen LogP contribution in [0.1, 0.15) is 31.4 Å². The van der Waals surface area contributed by atoms with E-state index in [2.05, 4.69) is 30.5 Å². The van der Waals surface area contributed by atoms with Crippen molar-refractivity contribution in [2.75, 3.05) is 13.1 Å². The quantitative estimate of drug-likeness (QED) is 0.745. The van der Waals surface area contributed by atoms with Crippen molar-refractivity contribution < 1.29 is 14.7 Å². The van der Waals surface area contributed by atoms with Gasteiger partial charge in [-0.1, -0.05) is 43.7 Å². The van der Waals surface area contributed by atoms with Crippen molar-refractivity contribution in [3.05, 3.63) is 35.4 Å². The molecule has 20 heavy (non-hydrogen) atoms. The van der Waals surface area contributed by atoms with Gasteiger partial charge >= 0.3 is 12.0 Å². The summed E-state index contributed by atoms with van der Waals surface area (Å²) in [6.45, 7) is 6.76. The fourth-order valence-electron chi connectivity index (χ4n) is 1.81. The Morgan fingerprint density at radius 2 is 1.95 bits per heavy atom. The van der Waals surface area contributed by atoms with Crippen molar-refractivity contribution in [1.82, 2.24) is 10.6 Å². The van der Waals surface area contributed by atoms with Crippen LogP contribution in [0.15, 0.2) is 24.3 Å². The molecule has 0 heterocycles. The molecule has 0 spiro atoms. The molecule has 0 atom stereocenters. The Hall–Kier alpha value is -2.04. The van der Waals surface area contributed by atoms with E-state index in [1.54, 1.807) is 0 Å². The van der Waals surface area contributed by atoms with Gasteiger partial charge in [0.05, 0.1) is 6.42 Å². The smallest absolute Gasteiger partial charge is 0.314 e. The van der Waals surface area contributed by atoms with Gasteiger partial charge in [-0.05, 0) is 12.5 Å². The minimum absolute atomic E-state index is 0.0747. The number of nitrogens with one attached hydrogen (secondary N) is 2. The molecule has 0 unspecified atom stereocenters. The van der Waals surface area contributed by atoms with E-state index < -0.39 is 5.97 Å². The van der Waals surface area contributed by atoms with Crippen molar-refractivity contribution in [3.63, 3.8) is 0 Å². The van der Waals surface area contributed by atoms with Crippen LogP contribution in [0, 0.1) is 6.92 Å². The molecule has 0 fully saturated rings. The maximum absolute atomic E-state index is 11.6. The second kappa shape index (κ2) is 6.93. The molecule has 0 saturated heterocycles. The van der Waals surface area contributed by atoms with Gasteiger partial charge in [0.15, 0.2) is 0 Å². The largest absolute Gasteiger partial charge is 0.481 e. The van der Waals surface area contributed by atoms with E-state index in [0.29, 0.717) is 6.54 Å². The number of carboxylic acids is 1. The number of aliphatic carboxylic acids is 1. The summed E-state index contributed by atoms with van der Waals surface area (Å²) in [5.41, 5.74) is 2.15. The molecule has 0 aromatic heterocycles. The predicted octanol–water partition coefficient (Wildman–Crippen LogP) is 2.05. The summed E-state index contributed by atoms with van der Waals surface area (Å²) in [4.78, 5) is 21.9. The molecule has 3 N–H and O–H groups in total. The third-order valence-electron chi connectivity index (χ3n) is 3.11. The molecular formula is C15H22N2O3. The van der Waals surface area contributed by atoms with Crippen LogP contribution in [-0.2, 0) is 10.2 Å². The van der Waals surface area contributed by atoms with Gasteiger partial charge in [0.2, 0.25) is 0 Å². The first-order chi connectivity index (χ1) is 9.31. The number of benzene rings is 1. The van der Waals surface area contributed by atoms with E-state index >= 15 is 0 Å². The molecule has 0 radical (unpaired) electrons. The van der Waals surface area contributed by atoms with Crippen LogP contribution in [0.5, 0.6) is 0 Å². The Balaban J connectivity index is 2.47. The van der Waals surface area contributed by atoms with Crippen LogP contribution in [-0.4, -0.2) is 30.2 Å². The average Bonchev–Trinajstić information content (AvgIpc) is 2.36. The Labute approximate surface area is 119 Å². The van der Waals surface area contributed by atoms with Crippen molar-refractivity contribution in [2.45, 2.75) is 32.6 Å². The molecule has 0 aliphatic rings. The number of carboxylic acid groups (broad SMARTS) is 1. The molecule has 0 bridgehead atoms. The summed E-state index contributed by atoms with van der Waals surface area (Å²) in [7, 11) is 0. The monoisotopic (exact) mass is 278 g/mol. The lowest BCUT2D eigenvalue weighted by molar-refractivity contribution is -0.136. The van der Waals surface area contributed by atoms with Crippen LogP contribution in [0.4, 0.5) is 4.79 Å². The summed E-state index contributed by atoms with van der Waals surface area (Å²) >= 11 is 0. The third kappa shape index (κ3) is 5.30. The van der Waals surface area contributed by atoms with Gasteiger partial charge in [-0.25, -0.2) is 4.79 Å². The van der Waals surface area contributed by atoms with E-state index in [0.717, 1.165) is 5.56 Å². The minimum Gasteiger partial charge on any atom is -0.481 e. The van der Waals surface area contributed by atoms with Crippen molar-refractivity contribution in [3.8, 4) is 0 Å². The summed E-state index contributed by atoms with van der Waals surface area (Å²) in [6.07, 6.45) is -0.0747. The number of amides is 2. The number of carbonyl (C=O) groups is 2. The molecule has 5 nitrogen and oxygen atoms in total. The van der Waals surface area contributed by atoms with E-state index in [9.17, 15) is 9.59 Å². The summed E-state index contributed by atoms with van der Waals surface area (Å²) in [5.74, 6) is -0.926. The minimum atomic E-state index is -0.926. The summed E-state index contributed by atoms with van der Waals surface area (Å²) < 4.78 is 0. The zero-order valence-corrected chi connectivity index (χ0v) is 12.2. The highest BCUT2D eigenvalue weighted by Gasteiger charge is 2.21. The zero-order valence-electron chi connectivity index (χ0n) is 12.2.